The minimum absolute atomic E-state index is 0.180. The van der Waals surface area contributed by atoms with Gasteiger partial charge in [0.2, 0.25) is 5.91 Å². The Morgan fingerprint density at radius 3 is 3.05 bits per heavy atom. The fraction of sp³-hybridized carbons (Fsp3) is 0.533. The first kappa shape index (κ1) is 14.3. The molecule has 0 saturated carbocycles. The third-order valence-electron chi connectivity index (χ3n) is 4.00. The van der Waals surface area contributed by atoms with Crippen LogP contribution in [0.3, 0.4) is 0 Å². The summed E-state index contributed by atoms with van der Waals surface area (Å²) >= 11 is 1.66. The fourth-order valence-corrected chi connectivity index (χ4v) is 3.75. The number of nitrogens with one attached hydrogen (secondary N) is 1. The Morgan fingerprint density at radius 2 is 2.38 bits per heavy atom. The van der Waals surface area contributed by atoms with Crippen LogP contribution in [0.5, 0.6) is 0 Å². The van der Waals surface area contributed by atoms with Crippen LogP contribution in [0.15, 0.2) is 12.4 Å². The summed E-state index contributed by atoms with van der Waals surface area (Å²) in [4.78, 5) is 27.6. The van der Waals surface area contributed by atoms with Gasteiger partial charge < -0.3 is 9.88 Å². The van der Waals surface area contributed by atoms with E-state index in [1.165, 1.54) is 0 Å². The maximum atomic E-state index is 12.5. The number of H-pyrrole nitrogens is 1. The number of nitrogens with zero attached hydrogens (tertiary/aromatic N) is 3. The first-order valence-electron chi connectivity index (χ1n) is 7.33. The van der Waals surface area contributed by atoms with Crippen molar-refractivity contribution in [2.45, 2.75) is 39.0 Å². The summed E-state index contributed by atoms with van der Waals surface area (Å²) in [5.41, 5.74) is 0.933. The van der Waals surface area contributed by atoms with Crippen molar-refractivity contribution in [3.05, 3.63) is 33.8 Å². The summed E-state index contributed by atoms with van der Waals surface area (Å²) < 4.78 is 0. The summed E-state index contributed by atoms with van der Waals surface area (Å²) in [6.45, 7) is 5.63. The van der Waals surface area contributed by atoms with E-state index in [9.17, 15) is 4.79 Å². The van der Waals surface area contributed by atoms with Gasteiger partial charge in [-0.25, -0.2) is 9.97 Å². The largest absolute Gasteiger partial charge is 0.348 e. The Hall–Kier alpha value is -1.69. The normalized spacial score (nSPS) is 19.0. The monoisotopic (exact) mass is 304 g/mol. The molecule has 1 fully saturated rings. The molecule has 21 heavy (non-hydrogen) atoms. The zero-order valence-corrected chi connectivity index (χ0v) is 13.2. The second-order valence-corrected chi connectivity index (χ2v) is 6.97. The van der Waals surface area contributed by atoms with Gasteiger partial charge in [-0.1, -0.05) is 0 Å². The number of aromatic amines is 1. The predicted octanol–water partition coefficient (Wildman–Crippen LogP) is 2.43. The standard InChI is InChI=1S/C15H20N4OS/c1-10-13(18-11(2)21-10)8-14(20)19-7-3-4-12(9-19)15-16-5-6-17-15/h5-6,12H,3-4,7-9H2,1-2H3,(H,16,17)/t12-/m1/s1. The SMILES string of the molecule is Cc1nc(CC(=O)N2CCC[C@@H](c3ncc[nH]3)C2)c(C)s1. The Balaban J connectivity index is 1.66. The fourth-order valence-electron chi connectivity index (χ4n) is 2.92. The summed E-state index contributed by atoms with van der Waals surface area (Å²) in [7, 11) is 0. The Kier molecular flexibility index (Phi) is 4.05. The number of aryl methyl sites for hydroxylation is 2. The van der Waals surface area contributed by atoms with Crippen molar-refractivity contribution in [2.75, 3.05) is 13.1 Å². The average molecular weight is 304 g/mol. The van der Waals surface area contributed by atoms with Gasteiger partial charge in [0.05, 0.1) is 17.1 Å². The third kappa shape index (κ3) is 3.15. The lowest BCUT2D eigenvalue weighted by Crippen LogP contribution is -2.40. The lowest BCUT2D eigenvalue weighted by atomic mass is 9.97. The molecule has 1 saturated heterocycles. The minimum atomic E-state index is 0.180. The number of imidazole rings is 1. The number of carbonyl (C=O) groups excluding carboxylic acids is 1. The molecule has 112 valence electrons. The highest BCUT2D eigenvalue weighted by atomic mass is 32.1. The van der Waals surface area contributed by atoms with Gasteiger partial charge in [0.15, 0.2) is 0 Å². The Bertz CT molecular complexity index is 620. The third-order valence-corrected chi connectivity index (χ3v) is 4.93. The smallest absolute Gasteiger partial charge is 0.228 e. The van der Waals surface area contributed by atoms with E-state index in [4.69, 9.17) is 0 Å². The average Bonchev–Trinajstić information content (AvgIpc) is 3.09. The second kappa shape index (κ2) is 5.97. The van der Waals surface area contributed by atoms with E-state index in [1.54, 1.807) is 17.5 Å². The lowest BCUT2D eigenvalue weighted by Gasteiger charge is -2.31. The van der Waals surface area contributed by atoms with Crippen LogP contribution in [0.4, 0.5) is 0 Å². The highest BCUT2D eigenvalue weighted by Gasteiger charge is 2.26. The van der Waals surface area contributed by atoms with Gasteiger partial charge in [-0.05, 0) is 26.7 Å². The molecule has 5 nitrogen and oxygen atoms in total. The van der Waals surface area contributed by atoms with Crippen LogP contribution in [0.1, 0.15) is 40.2 Å². The number of aromatic nitrogens is 3. The van der Waals surface area contributed by atoms with Gasteiger partial charge in [-0.2, -0.15) is 0 Å². The van der Waals surface area contributed by atoms with E-state index in [0.29, 0.717) is 12.3 Å². The van der Waals surface area contributed by atoms with Crippen LogP contribution in [0, 0.1) is 13.8 Å². The molecule has 0 aliphatic carbocycles. The van der Waals surface area contributed by atoms with E-state index >= 15 is 0 Å². The first-order valence-corrected chi connectivity index (χ1v) is 8.15. The molecule has 1 atom stereocenters. The van der Waals surface area contributed by atoms with Crippen molar-refractivity contribution < 1.29 is 4.79 Å². The topological polar surface area (TPSA) is 61.9 Å². The van der Waals surface area contributed by atoms with E-state index in [2.05, 4.69) is 15.0 Å². The molecule has 1 aliphatic heterocycles. The number of hydrogen-bond donors (Lipinski definition) is 1. The van der Waals surface area contributed by atoms with Crippen LogP contribution < -0.4 is 0 Å². The van der Waals surface area contributed by atoms with E-state index in [-0.39, 0.29) is 5.91 Å². The van der Waals surface area contributed by atoms with Crippen LogP contribution >= 0.6 is 11.3 Å². The van der Waals surface area contributed by atoms with Crippen molar-refractivity contribution >= 4 is 17.2 Å². The zero-order valence-electron chi connectivity index (χ0n) is 12.4. The number of carbonyl (C=O) groups is 1. The summed E-state index contributed by atoms with van der Waals surface area (Å²) in [6, 6.07) is 0. The Morgan fingerprint density at radius 1 is 1.52 bits per heavy atom. The molecule has 1 amide bonds. The van der Waals surface area contributed by atoms with E-state index in [1.807, 2.05) is 24.9 Å². The predicted molar refractivity (Wildman–Crippen MR) is 82.4 cm³/mol. The second-order valence-electron chi connectivity index (χ2n) is 5.57. The van der Waals surface area contributed by atoms with Crippen molar-refractivity contribution in [1.29, 1.82) is 0 Å². The molecule has 2 aromatic rings. The summed E-state index contributed by atoms with van der Waals surface area (Å²) in [6.07, 6.45) is 6.16. The molecule has 1 aliphatic rings. The maximum absolute atomic E-state index is 12.5. The van der Waals surface area contributed by atoms with Crippen LogP contribution in [-0.2, 0) is 11.2 Å². The molecule has 0 spiro atoms. The van der Waals surface area contributed by atoms with Gasteiger partial charge >= 0.3 is 0 Å². The van der Waals surface area contributed by atoms with Crippen molar-refractivity contribution in [2.24, 2.45) is 0 Å². The minimum Gasteiger partial charge on any atom is -0.348 e. The molecular weight excluding hydrogens is 284 g/mol. The van der Waals surface area contributed by atoms with Gasteiger partial charge in [-0.3, -0.25) is 4.79 Å². The molecule has 0 unspecified atom stereocenters. The molecule has 1 N–H and O–H groups in total. The van der Waals surface area contributed by atoms with Gasteiger partial charge in [0, 0.05) is 36.3 Å². The van der Waals surface area contributed by atoms with E-state index in [0.717, 1.165) is 47.3 Å². The highest BCUT2D eigenvalue weighted by molar-refractivity contribution is 7.11. The summed E-state index contributed by atoms with van der Waals surface area (Å²) in [5, 5.41) is 1.03. The quantitative estimate of drug-likeness (QED) is 0.947. The van der Waals surface area contributed by atoms with Crippen molar-refractivity contribution in [3.63, 3.8) is 0 Å². The number of likely N-dealkylation sites (tertiary alicyclic amines) is 1. The zero-order chi connectivity index (χ0) is 14.8. The van der Waals surface area contributed by atoms with Crippen LogP contribution in [0.2, 0.25) is 0 Å². The van der Waals surface area contributed by atoms with Gasteiger partial charge in [-0.15, -0.1) is 11.3 Å². The lowest BCUT2D eigenvalue weighted by molar-refractivity contribution is -0.131. The number of piperidine rings is 1. The number of amides is 1. The molecule has 3 heterocycles. The molecule has 6 heteroatoms. The number of thiazole rings is 1. The number of rotatable bonds is 3. The molecule has 0 bridgehead atoms. The van der Waals surface area contributed by atoms with Gasteiger partial charge in [0.1, 0.15) is 5.82 Å². The molecule has 0 radical (unpaired) electrons. The number of hydrogen-bond acceptors (Lipinski definition) is 4. The maximum Gasteiger partial charge on any atom is 0.228 e. The molecular formula is C15H20N4OS. The first-order chi connectivity index (χ1) is 10.1. The van der Waals surface area contributed by atoms with Crippen molar-refractivity contribution in [1.82, 2.24) is 19.9 Å². The van der Waals surface area contributed by atoms with Crippen LogP contribution in [-0.4, -0.2) is 38.8 Å². The highest BCUT2D eigenvalue weighted by Crippen LogP contribution is 2.25. The van der Waals surface area contributed by atoms with Crippen molar-refractivity contribution in [3.8, 4) is 0 Å². The summed E-state index contributed by atoms with van der Waals surface area (Å²) in [5.74, 6) is 1.50. The molecule has 3 rings (SSSR count). The van der Waals surface area contributed by atoms with E-state index < -0.39 is 0 Å². The van der Waals surface area contributed by atoms with Gasteiger partial charge in [0.25, 0.3) is 0 Å². The van der Waals surface area contributed by atoms with Crippen LogP contribution in [0.25, 0.3) is 0 Å². The Labute approximate surface area is 128 Å². The molecule has 0 aromatic carbocycles. The molecule has 2 aromatic heterocycles.